The minimum Gasteiger partial charge on any atom is -0.309 e. The first kappa shape index (κ1) is 29.9. The van der Waals surface area contributed by atoms with Gasteiger partial charge in [0.1, 0.15) is 0 Å². The highest BCUT2D eigenvalue weighted by Gasteiger charge is 2.40. The summed E-state index contributed by atoms with van der Waals surface area (Å²) in [6, 6.07) is 60.9. The van der Waals surface area contributed by atoms with E-state index in [1.165, 1.54) is 43.7 Å². The molecule has 0 N–H and O–H groups in total. The average molecular weight is 679 g/mol. The summed E-state index contributed by atoms with van der Waals surface area (Å²) in [6.07, 6.45) is 0. The number of rotatable bonds is 4. The van der Waals surface area contributed by atoms with Crippen molar-refractivity contribution in [2.24, 2.45) is 0 Å². The zero-order valence-corrected chi connectivity index (χ0v) is 29.5. The summed E-state index contributed by atoms with van der Waals surface area (Å²) in [5.41, 5.74) is 14.4. The standard InChI is InChI=1S/C49H34N4/c1-49(2)38-25-13-9-22-35(38)45-44(49)46(51-48(50-45)31-17-5-3-6-18-31)37-24-12-16-28-41(37)53-40-27-15-11-23-36(40)43-42(53)30-29-34-33-21-10-14-26-39(33)52(47(34)43)32-19-7-4-8-20-32/h3-30H,1-2H3. The number of aromatic nitrogens is 4. The molecule has 0 amide bonds. The topological polar surface area (TPSA) is 35.6 Å². The van der Waals surface area contributed by atoms with Gasteiger partial charge in [0.15, 0.2) is 5.82 Å². The lowest BCUT2D eigenvalue weighted by Gasteiger charge is -2.25. The van der Waals surface area contributed by atoms with Gasteiger partial charge in [0.2, 0.25) is 0 Å². The van der Waals surface area contributed by atoms with Crippen LogP contribution in [0.1, 0.15) is 25.0 Å². The maximum absolute atomic E-state index is 5.50. The Morgan fingerprint density at radius 3 is 1.81 bits per heavy atom. The number of nitrogens with zero attached hydrogens (tertiary/aromatic N) is 4. The SMILES string of the molecule is CC1(C)c2ccccc2-c2nc(-c3ccccc3)nc(-c3ccccc3-n3c4ccccc4c4c3ccc3c5ccccc5n(-c5ccccc5)c34)c21. The molecule has 0 spiro atoms. The third-order valence-corrected chi connectivity index (χ3v) is 11.3. The van der Waals surface area contributed by atoms with Crippen molar-refractivity contribution in [3.05, 3.63) is 181 Å². The summed E-state index contributed by atoms with van der Waals surface area (Å²) < 4.78 is 4.90. The summed E-state index contributed by atoms with van der Waals surface area (Å²) in [7, 11) is 0. The second-order valence-corrected chi connectivity index (χ2v) is 14.6. The van der Waals surface area contributed by atoms with Crippen LogP contribution in [-0.4, -0.2) is 19.1 Å². The van der Waals surface area contributed by atoms with Gasteiger partial charge in [-0.05, 0) is 42.0 Å². The van der Waals surface area contributed by atoms with Crippen LogP contribution in [0.3, 0.4) is 0 Å². The average Bonchev–Trinajstić information content (AvgIpc) is 3.81. The molecular weight excluding hydrogens is 645 g/mol. The lowest BCUT2D eigenvalue weighted by atomic mass is 9.80. The molecule has 0 radical (unpaired) electrons. The van der Waals surface area contributed by atoms with Crippen molar-refractivity contribution in [3.63, 3.8) is 0 Å². The molecule has 250 valence electrons. The van der Waals surface area contributed by atoms with Crippen molar-refractivity contribution in [1.29, 1.82) is 0 Å². The third kappa shape index (κ3) is 4.18. The monoisotopic (exact) mass is 678 g/mol. The van der Waals surface area contributed by atoms with Crippen LogP contribution >= 0.6 is 0 Å². The Hall–Kier alpha value is -6.78. The van der Waals surface area contributed by atoms with Gasteiger partial charge in [-0.2, -0.15) is 0 Å². The Balaban J connectivity index is 1.26. The van der Waals surface area contributed by atoms with E-state index in [0.29, 0.717) is 0 Å². The third-order valence-electron chi connectivity index (χ3n) is 11.3. The molecule has 4 nitrogen and oxygen atoms in total. The summed E-state index contributed by atoms with van der Waals surface area (Å²) in [5, 5.41) is 4.94. The number of para-hydroxylation sites is 4. The Labute approximate surface area is 307 Å². The van der Waals surface area contributed by atoms with Gasteiger partial charge >= 0.3 is 0 Å². The minimum atomic E-state index is -0.298. The predicted molar refractivity (Wildman–Crippen MR) is 219 cm³/mol. The van der Waals surface area contributed by atoms with E-state index in [0.717, 1.165) is 56.3 Å². The van der Waals surface area contributed by atoms with E-state index in [1.807, 2.05) is 6.07 Å². The number of hydrogen-bond donors (Lipinski definition) is 0. The van der Waals surface area contributed by atoms with Crippen molar-refractivity contribution in [3.8, 4) is 45.3 Å². The normalized spacial score (nSPS) is 13.2. The Morgan fingerprint density at radius 1 is 0.453 bits per heavy atom. The van der Waals surface area contributed by atoms with Crippen LogP contribution in [0.2, 0.25) is 0 Å². The minimum absolute atomic E-state index is 0.298. The largest absolute Gasteiger partial charge is 0.309 e. The van der Waals surface area contributed by atoms with E-state index in [2.05, 4.69) is 187 Å². The molecular formula is C49H34N4. The predicted octanol–water partition coefficient (Wildman–Crippen LogP) is 12.3. The van der Waals surface area contributed by atoms with Crippen LogP contribution in [0.15, 0.2) is 170 Å². The van der Waals surface area contributed by atoms with Gasteiger partial charge in [-0.25, -0.2) is 9.97 Å². The van der Waals surface area contributed by atoms with Gasteiger partial charge in [-0.3, -0.25) is 0 Å². The van der Waals surface area contributed by atoms with Crippen molar-refractivity contribution >= 4 is 43.6 Å². The first-order chi connectivity index (χ1) is 26.1. The lowest BCUT2D eigenvalue weighted by molar-refractivity contribution is 0.658. The van der Waals surface area contributed by atoms with Gasteiger partial charge in [0.25, 0.3) is 0 Å². The summed E-state index contributed by atoms with van der Waals surface area (Å²) >= 11 is 0. The molecule has 7 aromatic carbocycles. The Kier molecular flexibility index (Phi) is 6.27. The lowest BCUT2D eigenvalue weighted by Crippen LogP contribution is -2.18. The van der Waals surface area contributed by atoms with E-state index in [9.17, 15) is 0 Å². The molecule has 11 rings (SSSR count). The highest BCUT2D eigenvalue weighted by molar-refractivity contribution is 6.26. The fourth-order valence-corrected chi connectivity index (χ4v) is 9.01. The van der Waals surface area contributed by atoms with Crippen molar-refractivity contribution in [2.45, 2.75) is 19.3 Å². The number of benzene rings is 7. The molecule has 0 aliphatic heterocycles. The number of hydrogen-bond acceptors (Lipinski definition) is 2. The highest BCUT2D eigenvalue weighted by atomic mass is 15.0. The molecule has 3 heterocycles. The zero-order valence-electron chi connectivity index (χ0n) is 29.5. The fraction of sp³-hybridized carbons (Fsp3) is 0.0612. The first-order valence-electron chi connectivity index (χ1n) is 18.3. The van der Waals surface area contributed by atoms with E-state index in [4.69, 9.17) is 9.97 Å². The van der Waals surface area contributed by atoms with Crippen molar-refractivity contribution < 1.29 is 0 Å². The van der Waals surface area contributed by atoms with Gasteiger partial charge in [0, 0.05) is 54.9 Å². The maximum Gasteiger partial charge on any atom is 0.160 e. The van der Waals surface area contributed by atoms with Gasteiger partial charge in [-0.1, -0.05) is 147 Å². The van der Waals surface area contributed by atoms with E-state index < -0.39 is 0 Å². The van der Waals surface area contributed by atoms with Crippen LogP contribution < -0.4 is 0 Å². The summed E-state index contributed by atoms with van der Waals surface area (Å²) in [5.74, 6) is 0.734. The molecule has 3 aromatic heterocycles. The molecule has 53 heavy (non-hydrogen) atoms. The molecule has 0 unspecified atom stereocenters. The summed E-state index contributed by atoms with van der Waals surface area (Å²) in [6.45, 7) is 4.63. The maximum atomic E-state index is 5.50. The molecule has 10 aromatic rings. The van der Waals surface area contributed by atoms with Crippen LogP contribution in [0.25, 0.3) is 88.9 Å². The van der Waals surface area contributed by atoms with Crippen LogP contribution in [0, 0.1) is 0 Å². The fourth-order valence-electron chi connectivity index (χ4n) is 9.01. The smallest absolute Gasteiger partial charge is 0.160 e. The quantitative estimate of drug-likeness (QED) is 0.186. The number of fused-ring (bicyclic) bond motifs is 10. The van der Waals surface area contributed by atoms with E-state index in [1.54, 1.807) is 0 Å². The van der Waals surface area contributed by atoms with Crippen LogP contribution in [0.4, 0.5) is 0 Å². The van der Waals surface area contributed by atoms with Gasteiger partial charge < -0.3 is 9.13 Å². The molecule has 1 aliphatic carbocycles. The van der Waals surface area contributed by atoms with Crippen LogP contribution in [-0.2, 0) is 5.41 Å². The molecule has 0 bridgehead atoms. The molecule has 0 saturated heterocycles. The van der Waals surface area contributed by atoms with Crippen molar-refractivity contribution in [2.75, 3.05) is 0 Å². The van der Waals surface area contributed by atoms with Crippen molar-refractivity contribution in [1.82, 2.24) is 19.1 Å². The van der Waals surface area contributed by atoms with E-state index >= 15 is 0 Å². The zero-order chi connectivity index (χ0) is 35.3. The molecule has 0 atom stereocenters. The van der Waals surface area contributed by atoms with E-state index in [-0.39, 0.29) is 5.41 Å². The Morgan fingerprint density at radius 2 is 1.04 bits per heavy atom. The first-order valence-corrected chi connectivity index (χ1v) is 18.3. The van der Waals surface area contributed by atoms with Gasteiger partial charge in [-0.15, -0.1) is 0 Å². The van der Waals surface area contributed by atoms with Crippen LogP contribution in [0.5, 0.6) is 0 Å². The highest BCUT2D eigenvalue weighted by Crippen LogP contribution is 2.52. The molecule has 0 saturated carbocycles. The second-order valence-electron chi connectivity index (χ2n) is 14.6. The molecule has 4 heteroatoms. The Bertz CT molecular complexity index is 3080. The van der Waals surface area contributed by atoms with Gasteiger partial charge in [0.05, 0.1) is 39.1 Å². The summed E-state index contributed by atoms with van der Waals surface area (Å²) in [4.78, 5) is 10.8. The molecule has 1 aliphatic rings. The molecule has 0 fully saturated rings. The second kappa shape index (κ2) is 11.1.